The van der Waals surface area contributed by atoms with Crippen LogP contribution in [0.5, 0.6) is 0 Å². The van der Waals surface area contributed by atoms with Crippen molar-refractivity contribution in [3.63, 3.8) is 0 Å². The summed E-state index contributed by atoms with van der Waals surface area (Å²) < 4.78 is 5.29. The molecule has 1 aliphatic rings. The van der Waals surface area contributed by atoms with Gasteiger partial charge in [-0.3, -0.25) is 0 Å². The van der Waals surface area contributed by atoms with Gasteiger partial charge < -0.3 is 20.1 Å². The van der Waals surface area contributed by atoms with Crippen molar-refractivity contribution in [3.8, 4) is 0 Å². The number of nitrogens with zero attached hydrogens (tertiary/aromatic N) is 1. The molecule has 1 aliphatic heterocycles. The number of ether oxygens (including phenoxy) is 1. The van der Waals surface area contributed by atoms with Gasteiger partial charge >= 0.3 is 6.09 Å². The average Bonchev–Trinajstić information content (AvgIpc) is 2.58. The molecule has 1 amide bonds. The summed E-state index contributed by atoms with van der Waals surface area (Å²) in [4.78, 5) is 13.5. The molecule has 0 aromatic heterocycles. The van der Waals surface area contributed by atoms with Gasteiger partial charge in [-0.25, -0.2) is 4.79 Å². The maximum Gasteiger partial charge on any atom is 0.410 e. The van der Waals surface area contributed by atoms with E-state index in [4.69, 9.17) is 4.74 Å². The summed E-state index contributed by atoms with van der Waals surface area (Å²) in [6, 6.07) is 0.108. The molecule has 1 rings (SSSR count). The number of aliphatic hydroxyl groups is 1. The molecular formula is C11H22N2O3. The van der Waals surface area contributed by atoms with E-state index < -0.39 is 5.60 Å². The summed E-state index contributed by atoms with van der Waals surface area (Å²) in [6.07, 6.45) is 0.427. The second-order valence-corrected chi connectivity index (χ2v) is 5.19. The first kappa shape index (κ1) is 13.3. The summed E-state index contributed by atoms with van der Waals surface area (Å²) in [5.41, 5.74) is -0.491. The molecule has 0 saturated carbocycles. The topological polar surface area (TPSA) is 61.8 Å². The predicted molar refractivity (Wildman–Crippen MR) is 61.3 cm³/mol. The summed E-state index contributed by atoms with van der Waals surface area (Å²) >= 11 is 0. The summed E-state index contributed by atoms with van der Waals surface area (Å²) in [5, 5.41) is 12.3. The first-order chi connectivity index (χ1) is 7.37. The zero-order valence-electron chi connectivity index (χ0n) is 10.5. The summed E-state index contributed by atoms with van der Waals surface area (Å²) in [7, 11) is 1.86. The lowest BCUT2D eigenvalue weighted by molar-refractivity contribution is 0.0174. The minimum Gasteiger partial charge on any atom is -0.444 e. The van der Waals surface area contributed by atoms with Crippen LogP contribution in [0.1, 0.15) is 27.2 Å². The van der Waals surface area contributed by atoms with Gasteiger partial charge in [-0.1, -0.05) is 0 Å². The third-order valence-electron chi connectivity index (χ3n) is 2.66. The Morgan fingerprint density at radius 1 is 1.56 bits per heavy atom. The Labute approximate surface area is 96.8 Å². The van der Waals surface area contributed by atoms with Gasteiger partial charge in [0.15, 0.2) is 0 Å². The molecule has 1 fully saturated rings. The van der Waals surface area contributed by atoms with Crippen molar-refractivity contribution in [2.45, 2.75) is 44.9 Å². The smallest absolute Gasteiger partial charge is 0.410 e. The molecular weight excluding hydrogens is 208 g/mol. The molecule has 1 saturated heterocycles. The number of likely N-dealkylation sites (tertiary alicyclic amines) is 1. The molecule has 1 heterocycles. The van der Waals surface area contributed by atoms with Gasteiger partial charge in [0.25, 0.3) is 0 Å². The number of amides is 1. The van der Waals surface area contributed by atoms with E-state index in [0.717, 1.165) is 6.42 Å². The minimum atomic E-state index is -0.491. The molecule has 0 radical (unpaired) electrons. The van der Waals surface area contributed by atoms with Gasteiger partial charge in [-0.2, -0.15) is 0 Å². The largest absolute Gasteiger partial charge is 0.444 e. The maximum atomic E-state index is 11.9. The Morgan fingerprint density at radius 2 is 2.19 bits per heavy atom. The molecule has 0 aromatic carbocycles. The quantitative estimate of drug-likeness (QED) is 0.728. The second kappa shape index (κ2) is 5.01. The Hall–Kier alpha value is -0.810. The zero-order valence-corrected chi connectivity index (χ0v) is 10.5. The molecule has 94 valence electrons. The van der Waals surface area contributed by atoms with Crippen molar-refractivity contribution >= 4 is 6.09 Å². The van der Waals surface area contributed by atoms with Crippen molar-refractivity contribution in [2.75, 3.05) is 20.2 Å². The van der Waals surface area contributed by atoms with E-state index in [1.807, 2.05) is 27.8 Å². The van der Waals surface area contributed by atoms with E-state index in [0.29, 0.717) is 6.54 Å². The van der Waals surface area contributed by atoms with E-state index in [2.05, 4.69) is 5.32 Å². The molecule has 0 aliphatic carbocycles. The molecule has 0 bridgehead atoms. The first-order valence-electron chi connectivity index (χ1n) is 5.65. The average molecular weight is 230 g/mol. The van der Waals surface area contributed by atoms with Crippen molar-refractivity contribution in [1.29, 1.82) is 0 Å². The van der Waals surface area contributed by atoms with Gasteiger partial charge in [0, 0.05) is 12.6 Å². The highest BCUT2D eigenvalue weighted by Gasteiger charge is 2.36. The van der Waals surface area contributed by atoms with Crippen LogP contribution < -0.4 is 5.32 Å². The van der Waals surface area contributed by atoms with Crippen LogP contribution in [0.15, 0.2) is 0 Å². The van der Waals surface area contributed by atoms with Crippen LogP contribution in [-0.2, 0) is 4.74 Å². The molecule has 0 spiro atoms. The second-order valence-electron chi connectivity index (χ2n) is 5.19. The highest BCUT2D eigenvalue weighted by molar-refractivity contribution is 5.69. The fraction of sp³-hybridized carbons (Fsp3) is 0.909. The van der Waals surface area contributed by atoms with Crippen LogP contribution in [-0.4, -0.2) is 54.0 Å². The third kappa shape index (κ3) is 3.35. The number of aliphatic hydroxyl groups excluding tert-OH is 1. The van der Waals surface area contributed by atoms with Gasteiger partial charge in [0.1, 0.15) is 5.60 Å². The number of hydrogen-bond acceptors (Lipinski definition) is 4. The van der Waals surface area contributed by atoms with Crippen LogP contribution in [0.2, 0.25) is 0 Å². The number of carbonyl (C=O) groups is 1. The molecule has 16 heavy (non-hydrogen) atoms. The number of likely N-dealkylation sites (N-methyl/N-ethyl adjacent to an activating group) is 1. The number of hydrogen-bond donors (Lipinski definition) is 2. The lowest BCUT2D eigenvalue weighted by Gasteiger charge is -2.27. The van der Waals surface area contributed by atoms with Crippen LogP contribution >= 0.6 is 0 Å². The highest BCUT2D eigenvalue weighted by atomic mass is 16.6. The van der Waals surface area contributed by atoms with Crippen LogP contribution in [0.3, 0.4) is 0 Å². The Balaban J connectivity index is 2.61. The maximum absolute atomic E-state index is 11.9. The normalized spacial score (nSPS) is 25.9. The van der Waals surface area contributed by atoms with Crippen molar-refractivity contribution in [2.24, 2.45) is 0 Å². The zero-order chi connectivity index (χ0) is 12.3. The van der Waals surface area contributed by atoms with Gasteiger partial charge in [0.05, 0.1) is 12.6 Å². The number of rotatable bonds is 2. The Kier molecular flexibility index (Phi) is 4.15. The van der Waals surface area contributed by atoms with Crippen molar-refractivity contribution < 1.29 is 14.6 Å². The van der Waals surface area contributed by atoms with E-state index in [1.54, 1.807) is 4.90 Å². The van der Waals surface area contributed by atoms with E-state index in [9.17, 15) is 9.90 Å². The molecule has 5 heteroatoms. The van der Waals surface area contributed by atoms with Gasteiger partial charge in [-0.05, 0) is 34.2 Å². The molecule has 2 N–H and O–H groups in total. The molecule has 5 nitrogen and oxygen atoms in total. The van der Waals surface area contributed by atoms with Crippen molar-refractivity contribution in [3.05, 3.63) is 0 Å². The van der Waals surface area contributed by atoms with Crippen LogP contribution in [0, 0.1) is 0 Å². The highest BCUT2D eigenvalue weighted by Crippen LogP contribution is 2.20. The third-order valence-corrected chi connectivity index (χ3v) is 2.66. The standard InChI is InChI=1S/C11H22N2O3/c1-11(2,3)16-10(15)13-6-8(12-4)5-9(13)7-14/h8-9,12,14H,5-7H2,1-4H3/t8-,9+/m1/s1. The monoisotopic (exact) mass is 230 g/mol. The fourth-order valence-corrected chi connectivity index (χ4v) is 1.84. The first-order valence-corrected chi connectivity index (χ1v) is 5.65. The number of carbonyl (C=O) groups excluding carboxylic acids is 1. The summed E-state index contributed by atoms with van der Waals surface area (Å²) in [5.74, 6) is 0. The molecule has 2 atom stereocenters. The van der Waals surface area contributed by atoms with Crippen molar-refractivity contribution in [1.82, 2.24) is 10.2 Å². The predicted octanol–water partition coefficient (Wildman–Crippen LogP) is 0.576. The molecule has 0 unspecified atom stereocenters. The molecule has 0 aromatic rings. The van der Waals surface area contributed by atoms with Gasteiger partial charge in [-0.15, -0.1) is 0 Å². The van der Waals surface area contributed by atoms with Gasteiger partial charge in [0.2, 0.25) is 0 Å². The Bertz CT molecular complexity index is 250. The van der Waals surface area contributed by atoms with E-state index in [-0.39, 0.29) is 24.8 Å². The van der Waals surface area contributed by atoms with Crippen LogP contribution in [0.4, 0.5) is 4.79 Å². The van der Waals surface area contributed by atoms with E-state index >= 15 is 0 Å². The summed E-state index contributed by atoms with van der Waals surface area (Å²) in [6.45, 7) is 6.09. The lowest BCUT2D eigenvalue weighted by Crippen LogP contribution is -2.42. The fourth-order valence-electron chi connectivity index (χ4n) is 1.84. The Morgan fingerprint density at radius 3 is 2.62 bits per heavy atom. The van der Waals surface area contributed by atoms with Crippen LogP contribution in [0.25, 0.3) is 0 Å². The van der Waals surface area contributed by atoms with E-state index in [1.165, 1.54) is 0 Å². The lowest BCUT2D eigenvalue weighted by atomic mass is 10.2. The number of nitrogens with one attached hydrogen (secondary N) is 1. The SMILES string of the molecule is CN[C@@H]1C[C@@H](CO)N(C(=O)OC(C)(C)C)C1. The minimum absolute atomic E-state index is 0.0164.